The summed E-state index contributed by atoms with van der Waals surface area (Å²) in [6.07, 6.45) is 3.14. The predicted molar refractivity (Wildman–Crippen MR) is 114 cm³/mol. The zero-order valence-electron chi connectivity index (χ0n) is 15.2. The molecule has 1 aromatic heterocycles. The van der Waals surface area contributed by atoms with Gasteiger partial charge in [0.05, 0.1) is 11.9 Å². The van der Waals surface area contributed by atoms with Gasteiger partial charge >= 0.3 is 0 Å². The van der Waals surface area contributed by atoms with Gasteiger partial charge in [-0.15, -0.1) is 0 Å². The van der Waals surface area contributed by atoms with Gasteiger partial charge in [-0.05, 0) is 60.3 Å². The van der Waals surface area contributed by atoms with E-state index in [9.17, 15) is 0 Å². The SMILES string of the molecule is C[C@H]1C[C@H](C)CN(c2ccc(NC(=S)NCc3ccc(Cl)cc3)cn2)C1. The highest BCUT2D eigenvalue weighted by Gasteiger charge is 2.22. The van der Waals surface area contributed by atoms with E-state index in [2.05, 4.69) is 40.4 Å². The van der Waals surface area contributed by atoms with Gasteiger partial charge in [0.2, 0.25) is 0 Å². The Morgan fingerprint density at radius 2 is 1.85 bits per heavy atom. The van der Waals surface area contributed by atoms with Crippen LogP contribution in [-0.4, -0.2) is 23.2 Å². The molecule has 0 aliphatic carbocycles. The third-order valence-electron chi connectivity index (χ3n) is 4.56. The zero-order valence-corrected chi connectivity index (χ0v) is 16.8. The Morgan fingerprint density at radius 3 is 2.46 bits per heavy atom. The largest absolute Gasteiger partial charge is 0.358 e. The first kappa shape index (κ1) is 18.9. The summed E-state index contributed by atoms with van der Waals surface area (Å²) in [5.74, 6) is 2.46. The van der Waals surface area contributed by atoms with E-state index in [1.807, 2.05) is 36.5 Å². The monoisotopic (exact) mass is 388 g/mol. The number of rotatable bonds is 4. The van der Waals surface area contributed by atoms with Crippen molar-refractivity contribution in [2.45, 2.75) is 26.8 Å². The minimum atomic E-state index is 0.578. The predicted octanol–water partition coefficient (Wildman–Crippen LogP) is 4.70. The number of benzene rings is 1. The van der Waals surface area contributed by atoms with Gasteiger partial charge in [0.1, 0.15) is 5.82 Å². The normalized spacial score (nSPS) is 19.9. The molecule has 0 saturated carbocycles. The van der Waals surface area contributed by atoms with Crippen LogP contribution in [0, 0.1) is 11.8 Å². The number of aromatic nitrogens is 1. The Labute approximate surface area is 166 Å². The van der Waals surface area contributed by atoms with Gasteiger partial charge < -0.3 is 15.5 Å². The molecule has 1 aliphatic rings. The lowest BCUT2D eigenvalue weighted by Crippen LogP contribution is -2.39. The van der Waals surface area contributed by atoms with Crippen molar-refractivity contribution in [3.63, 3.8) is 0 Å². The third-order valence-corrected chi connectivity index (χ3v) is 5.06. The summed E-state index contributed by atoms with van der Waals surface area (Å²) >= 11 is 11.3. The Bertz CT molecular complexity index is 722. The molecule has 26 heavy (non-hydrogen) atoms. The lowest BCUT2D eigenvalue weighted by atomic mass is 9.92. The fourth-order valence-corrected chi connectivity index (χ4v) is 3.77. The molecule has 0 spiro atoms. The van der Waals surface area contributed by atoms with Crippen molar-refractivity contribution in [2.24, 2.45) is 11.8 Å². The Kier molecular flexibility index (Phi) is 6.33. The smallest absolute Gasteiger partial charge is 0.171 e. The van der Waals surface area contributed by atoms with Crippen LogP contribution in [0.5, 0.6) is 0 Å². The maximum atomic E-state index is 5.90. The van der Waals surface area contributed by atoms with E-state index in [0.717, 1.165) is 35.2 Å². The molecule has 1 saturated heterocycles. The molecule has 4 nitrogen and oxygen atoms in total. The lowest BCUT2D eigenvalue weighted by molar-refractivity contribution is 0.355. The molecule has 0 amide bonds. The molecule has 6 heteroatoms. The molecule has 2 atom stereocenters. The minimum absolute atomic E-state index is 0.578. The number of thiocarbonyl (C=S) groups is 1. The van der Waals surface area contributed by atoms with E-state index in [-0.39, 0.29) is 0 Å². The number of hydrogen-bond donors (Lipinski definition) is 2. The second kappa shape index (κ2) is 8.69. The molecule has 138 valence electrons. The number of nitrogens with zero attached hydrogens (tertiary/aromatic N) is 2. The average Bonchev–Trinajstić information content (AvgIpc) is 2.61. The van der Waals surface area contributed by atoms with Crippen molar-refractivity contribution in [3.8, 4) is 0 Å². The van der Waals surface area contributed by atoms with Gasteiger partial charge in [0, 0.05) is 24.7 Å². The van der Waals surface area contributed by atoms with E-state index in [0.29, 0.717) is 23.5 Å². The first-order valence-corrected chi connectivity index (χ1v) is 9.78. The fourth-order valence-electron chi connectivity index (χ4n) is 3.46. The average molecular weight is 389 g/mol. The number of hydrogen-bond acceptors (Lipinski definition) is 3. The summed E-state index contributed by atoms with van der Waals surface area (Å²) in [6, 6.07) is 11.8. The second-order valence-electron chi connectivity index (χ2n) is 7.19. The van der Waals surface area contributed by atoms with Crippen LogP contribution >= 0.6 is 23.8 Å². The van der Waals surface area contributed by atoms with Gasteiger partial charge in [0.25, 0.3) is 0 Å². The molecule has 2 N–H and O–H groups in total. The van der Waals surface area contributed by atoms with Crippen LogP contribution in [0.25, 0.3) is 0 Å². The first-order chi connectivity index (χ1) is 12.5. The second-order valence-corrected chi connectivity index (χ2v) is 8.03. The molecule has 2 aromatic rings. The molecule has 1 aliphatic heterocycles. The molecule has 2 heterocycles. The van der Waals surface area contributed by atoms with Crippen LogP contribution < -0.4 is 15.5 Å². The van der Waals surface area contributed by atoms with E-state index in [4.69, 9.17) is 23.8 Å². The van der Waals surface area contributed by atoms with E-state index in [1.165, 1.54) is 6.42 Å². The highest BCUT2D eigenvalue weighted by molar-refractivity contribution is 7.80. The maximum Gasteiger partial charge on any atom is 0.171 e. The Morgan fingerprint density at radius 1 is 1.15 bits per heavy atom. The summed E-state index contributed by atoms with van der Waals surface area (Å²) in [4.78, 5) is 6.99. The van der Waals surface area contributed by atoms with Gasteiger partial charge in [-0.1, -0.05) is 37.6 Å². The zero-order chi connectivity index (χ0) is 18.5. The topological polar surface area (TPSA) is 40.2 Å². The highest BCUT2D eigenvalue weighted by atomic mass is 35.5. The minimum Gasteiger partial charge on any atom is -0.358 e. The summed E-state index contributed by atoms with van der Waals surface area (Å²) in [5.41, 5.74) is 2.01. The van der Waals surface area contributed by atoms with Crippen LogP contribution in [0.15, 0.2) is 42.6 Å². The fraction of sp³-hybridized carbons (Fsp3) is 0.400. The maximum absolute atomic E-state index is 5.90. The van der Waals surface area contributed by atoms with E-state index < -0.39 is 0 Å². The van der Waals surface area contributed by atoms with Gasteiger partial charge in [-0.2, -0.15) is 0 Å². The van der Waals surface area contributed by atoms with Gasteiger partial charge in [-0.25, -0.2) is 4.98 Å². The van der Waals surface area contributed by atoms with E-state index in [1.54, 1.807) is 0 Å². The molecule has 0 bridgehead atoms. The summed E-state index contributed by atoms with van der Waals surface area (Å²) in [6.45, 7) is 7.42. The quantitative estimate of drug-likeness (QED) is 0.742. The van der Waals surface area contributed by atoms with Crippen molar-refractivity contribution < 1.29 is 0 Å². The van der Waals surface area contributed by atoms with E-state index >= 15 is 0 Å². The number of halogens is 1. The van der Waals surface area contributed by atoms with Crippen LogP contribution in [0.1, 0.15) is 25.8 Å². The molecule has 1 aromatic carbocycles. The van der Waals surface area contributed by atoms with Crippen LogP contribution in [0.3, 0.4) is 0 Å². The summed E-state index contributed by atoms with van der Waals surface area (Å²) in [5, 5.41) is 7.69. The Balaban J connectivity index is 1.52. The number of pyridine rings is 1. The highest BCUT2D eigenvalue weighted by Crippen LogP contribution is 2.25. The molecule has 0 unspecified atom stereocenters. The van der Waals surface area contributed by atoms with Crippen molar-refractivity contribution in [2.75, 3.05) is 23.3 Å². The van der Waals surface area contributed by atoms with Gasteiger partial charge in [0.15, 0.2) is 5.11 Å². The molecule has 3 rings (SSSR count). The Hall–Kier alpha value is -1.85. The van der Waals surface area contributed by atoms with Crippen LogP contribution in [0.2, 0.25) is 5.02 Å². The lowest BCUT2D eigenvalue weighted by Gasteiger charge is -2.35. The standard InChI is InChI=1S/C20H25ClN4S/c1-14-9-15(2)13-25(12-14)19-8-7-18(11-22-19)24-20(26)23-10-16-3-5-17(21)6-4-16/h3-8,11,14-15H,9-10,12-13H2,1-2H3,(H2,23,24,26)/t14-,15-/m0/s1. The summed E-state index contributed by atoms with van der Waals surface area (Å²) < 4.78 is 0. The first-order valence-electron chi connectivity index (χ1n) is 9.00. The van der Waals surface area contributed by atoms with Crippen molar-refractivity contribution in [1.82, 2.24) is 10.3 Å². The number of nitrogens with one attached hydrogen (secondary N) is 2. The molecule has 1 fully saturated rings. The summed E-state index contributed by atoms with van der Waals surface area (Å²) in [7, 11) is 0. The third kappa shape index (κ3) is 5.32. The van der Waals surface area contributed by atoms with Crippen LogP contribution in [-0.2, 0) is 6.54 Å². The van der Waals surface area contributed by atoms with Crippen molar-refractivity contribution in [1.29, 1.82) is 0 Å². The number of piperidine rings is 1. The molecule has 0 radical (unpaired) electrons. The van der Waals surface area contributed by atoms with Crippen LogP contribution in [0.4, 0.5) is 11.5 Å². The van der Waals surface area contributed by atoms with Crippen molar-refractivity contribution in [3.05, 3.63) is 53.2 Å². The van der Waals surface area contributed by atoms with Gasteiger partial charge in [-0.3, -0.25) is 0 Å². The number of anilines is 2. The van der Waals surface area contributed by atoms with Crippen molar-refractivity contribution >= 4 is 40.4 Å². The molecular formula is C20H25ClN4S. The molecular weight excluding hydrogens is 364 g/mol.